The molecule has 0 aromatic carbocycles. The maximum absolute atomic E-state index is 6.43. The number of hydrogen-bond acceptors (Lipinski definition) is 2. The zero-order valence-corrected chi connectivity index (χ0v) is 14.5. The first-order valence-corrected chi connectivity index (χ1v) is 8.88. The van der Waals surface area contributed by atoms with Crippen LogP contribution in [0.3, 0.4) is 0 Å². The minimum Gasteiger partial charge on any atom is -0.327 e. The number of hydrogen-bond donors (Lipinski definition) is 1. The molecule has 2 N–H and O–H groups in total. The number of rotatable bonds is 5. The van der Waals surface area contributed by atoms with Crippen LogP contribution in [0.15, 0.2) is 4.47 Å². The molecule has 1 atom stereocenters. The van der Waals surface area contributed by atoms with Gasteiger partial charge in [0, 0.05) is 19.0 Å². The van der Waals surface area contributed by atoms with Crippen molar-refractivity contribution in [1.29, 1.82) is 0 Å². The highest BCUT2D eigenvalue weighted by Gasteiger charge is 2.19. The Kier molecular flexibility index (Phi) is 6.09. The molecule has 0 spiro atoms. The second kappa shape index (κ2) is 7.60. The van der Waals surface area contributed by atoms with Crippen molar-refractivity contribution in [3.05, 3.63) is 15.9 Å². The highest BCUT2D eigenvalue weighted by Crippen LogP contribution is 2.28. The normalized spacial score (nSPS) is 19.0. The zero-order valence-electron chi connectivity index (χ0n) is 12.9. The lowest BCUT2D eigenvalue weighted by molar-refractivity contribution is 0.383. The largest absolute Gasteiger partial charge is 0.327 e. The summed E-state index contributed by atoms with van der Waals surface area (Å²) in [6.07, 6.45) is 10.5. The van der Waals surface area contributed by atoms with Crippen LogP contribution in [0.1, 0.15) is 63.3 Å². The van der Waals surface area contributed by atoms with E-state index in [1.165, 1.54) is 50.6 Å². The first kappa shape index (κ1) is 16.0. The van der Waals surface area contributed by atoms with Crippen LogP contribution in [0.4, 0.5) is 0 Å². The predicted octanol–water partition coefficient (Wildman–Crippen LogP) is 4.20. The van der Waals surface area contributed by atoms with E-state index in [2.05, 4.69) is 39.6 Å². The second-order valence-electron chi connectivity index (χ2n) is 6.22. The summed E-state index contributed by atoms with van der Waals surface area (Å²) in [6, 6.07) is 0.260. The van der Waals surface area contributed by atoms with Gasteiger partial charge in [-0.3, -0.25) is 4.68 Å². The molecule has 2 rings (SSSR count). The highest BCUT2D eigenvalue weighted by molar-refractivity contribution is 9.10. The van der Waals surface area contributed by atoms with Crippen molar-refractivity contribution in [2.45, 2.75) is 77.8 Å². The van der Waals surface area contributed by atoms with Gasteiger partial charge in [0.05, 0.1) is 15.9 Å². The number of nitrogens with two attached hydrogens (primary N) is 1. The molecule has 0 saturated heterocycles. The van der Waals surface area contributed by atoms with E-state index in [0.717, 1.165) is 29.1 Å². The number of nitrogens with zero attached hydrogens (tertiary/aromatic N) is 2. The minimum atomic E-state index is 0.260. The van der Waals surface area contributed by atoms with Gasteiger partial charge in [-0.05, 0) is 42.1 Å². The van der Waals surface area contributed by atoms with E-state index in [1.807, 2.05) is 0 Å². The summed E-state index contributed by atoms with van der Waals surface area (Å²) in [6.45, 7) is 5.10. The van der Waals surface area contributed by atoms with E-state index in [-0.39, 0.29) is 6.04 Å². The van der Waals surface area contributed by atoms with Crippen LogP contribution < -0.4 is 5.73 Å². The van der Waals surface area contributed by atoms with Crippen molar-refractivity contribution in [3.63, 3.8) is 0 Å². The van der Waals surface area contributed by atoms with Gasteiger partial charge in [0.1, 0.15) is 0 Å². The molecule has 20 heavy (non-hydrogen) atoms. The first-order chi connectivity index (χ1) is 9.61. The van der Waals surface area contributed by atoms with Gasteiger partial charge in [0.2, 0.25) is 0 Å². The minimum absolute atomic E-state index is 0.260. The van der Waals surface area contributed by atoms with Gasteiger partial charge >= 0.3 is 0 Å². The van der Waals surface area contributed by atoms with Crippen molar-refractivity contribution < 1.29 is 0 Å². The van der Waals surface area contributed by atoms with E-state index in [1.54, 1.807) is 0 Å². The van der Waals surface area contributed by atoms with Crippen LogP contribution in [0.25, 0.3) is 0 Å². The van der Waals surface area contributed by atoms with Crippen LogP contribution in [0, 0.1) is 12.8 Å². The van der Waals surface area contributed by atoms with Gasteiger partial charge in [0.25, 0.3) is 0 Å². The third-order valence-corrected chi connectivity index (χ3v) is 5.55. The summed E-state index contributed by atoms with van der Waals surface area (Å²) in [5.74, 6) is 0.838. The number of halogens is 1. The SMILES string of the molecule is CCn1nc(C)c(Br)c1CC(N)CC1CCCCCC1. The zero-order chi connectivity index (χ0) is 14.5. The lowest BCUT2D eigenvalue weighted by atomic mass is 9.91. The lowest BCUT2D eigenvalue weighted by Gasteiger charge is -2.19. The molecule has 1 aliphatic rings. The first-order valence-electron chi connectivity index (χ1n) is 8.09. The monoisotopic (exact) mass is 341 g/mol. The highest BCUT2D eigenvalue weighted by atomic mass is 79.9. The average Bonchev–Trinajstić information content (AvgIpc) is 2.64. The van der Waals surface area contributed by atoms with Gasteiger partial charge in [-0.15, -0.1) is 0 Å². The van der Waals surface area contributed by atoms with Crippen LogP contribution in [-0.2, 0) is 13.0 Å². The maximum atomic E-state index is 6.43. The molecule has 1 heterocycles. The van der Waals surface area contributed by atoms with Gasteiger partial charge in [-0.25, -0.2) is 0 Å². The van der Waals surface area contributed by atoms with Crippen molar-refractivity contribution in [2.75, 3.05) is 0 Å². The molecule has 0 aliphatic heterocycles. The molecule has 1 saturated carbocycles. The Bertz CT molecular complexity index is 420. The molecular formula is C16H28BrN3. The Morgan fingerprint density at radius 2 is 1.95 bits per heavy atom. The van der Waals surface area contributed by atoms with E-state index < -0.39 is 0 Å². The molecule has 4 heteroatoms. The summed E-state index contributed by atoms with van der Waals surface area (Å²) >= 11 is 3.67. The summed E-state index contributed by atoms with van der Waals surface area (Å²) in [5, 5.41) is 4.56. The topological polar surface area (TPSA) is 43.8 Å². The standard InChI is InChI=1S/C16H28BrN3/c1-3-20-15(16(17)12(2)19-20)11-14(18)10-13-8-6-4-5-7-9-13/h13-14H,3-11,18H2,1-2H3. The fraction of sp³-hybridized carbons (Fsp3) is 0.812. The van der Waals surface area contributed by atoms with Crippen LogP contribution in [0.2, 0.25) is 0 Å². The summed E-state index contributed by atoms with van der Waals surface area (Å²) in [7, 11) is 0. The molecule has 114 valence electrons. The fourth-order valence-corrected chi connectivity index (χ4v) is 3.87. The molecule has 1 unspecified atom stereocenters. The van der Waals surface area contributed by atoms with Crippen molar-refractivity contribution in [1.82, 2.24) is 9.78 Å². The maximum Gasteiger partial charge on any atom is 0.0738 e. The molecule has 3 nitrogen and oxygen atoms in total. The Balaban J connectivity index is 1.95. The molecular weight excluding hydrogens is 314 g/mol. The van der Waals surface area contributed by atoms with E-state index in [9.17, 15) is 0 Å². The molecule has 0 amide bonds. The van der Waals surface area contributed by atoms with Gasteiger partial charge in [0.15, 0.2) is 0 Å². The number of aryl methyl sites for hydroxylation is 2. The molecule has 0 bridgehead atoms. The predicted molar refractivity (Wildman–Crippen MR) is 87.8 cm³/mol. The Morgan fingerprint density at radius 3 is 2.55 bits per heavy atom. The molecule has 1 aromatic rings. The summed E-state index contributed by atoms with van der Waals surface area (Å²) in [5.41, 5.74) is 8.77. The summed E-state index contributed by atoms with van der Waals surface area (Å²) in [4.78, 5) is 0. The Labute approximate surface area is 131 Å². The van der Waals surface area contributed by atoms with E-state index in [0.29, 0.717) is 0 Å². The van der Waals surface area contributed by atoms with Crippen LogP contribution in [-0.4, -0.2) is 15.8 Å². The second-order valence-corrected chi connectivity index (χ2v) is 7.01. The van der Waals surface area contributed by atoms with Crippen LogP contribution in [0.5, 0.6) is 0 Å². The van der Waals surface area contributed by atoms with E-state index in [4.69, 9.17) is 5.73 Å². The third kappa shape index (κ3) is 4.08. The third-order valence-electron chi connectivity index (χ3n) is 4.52. The molecule has 1 fully saturated rings. The molecule has 0 radical (unpaired) electrons. The van der Waals surface area contributed by atoms with Crippen molar-refractivity contribution >= 4 is 15.9 Å². The van der Waals surface area contributed by atoms with Gasteiger partial charge < -0.3 is 5.73 Å². The van der Waals surface area contributed by atoms with Gasteiger partial charge in [-0.2, -0.15) is 5.10 Å². The Hall–Kier alpha value is -0.350. The smallest absolute Gasteiger partial charge is 0.0738 e. The lowest BCUT2D eigenvalue weighted by Crippen LogP contribution is -2.27. The van der Waals surface area contributed by atoms with Crippen LogP contribution >= 0.6 is 15.9 Å². The molecule has 1 aliphatic carbocycles. The Morgan fingerprint density at radius 1 is 1.30 bits per heavy atom. The van der Waals surface area contributed by atoms with E-state index >= 15 is 0 Å². The molecule has 1 aromatic heterocycles. The number of aromatic nitrogens is 2. The quantitative estimate of drug-likeness (QED) is 0.815. The fourth-order valence-electron chi connectivity index (χ4n) is 3.42. The van der Waals surface area contributed by atoms with Crippen molar-refractivity contribution in [2.24, 2.45) is 11.7 Å². The van der Waals surface area contributed by atoms with Gasteiger partial charge in [-0.1, -0.05) is 38.5 Å². The summed E-state index contributed by atoms with van der Waals surface area (Å²) < 4.78 is 3.24. The average molecular weight is 342 g/mol. The van der Waals surface area contributed by atoms with Crippen molar-refractivity contribution in [3.8, 4) is 0 Å².